The van der Waals surface area contributed by atoms with Crippen LogP contribution < -0.4 is 0 Å². The van der Waals surface area contributed by atoms with Crippen LogP contribution in [0.1, 0.15) is 36.5 Å². The van der Waals surface area contributed by atoms with E-state index >= 15 is 0 Å². The summed E-state index contributed by atoms with van der Waals surface area (Å²) in [5.74, 6) is 0.329. The van der Waals surface area contributed by atoms with Crippen LogP contribution >= 0.6 is 0 Å². The van der Waals surface area contributed by atoms with Gasteiger partial charge >= 0.3 is 0 Å². The first kappa shape index (κ1) is 9.45. The third-order valence-electron chi connectivity index (χ3n) is 3.38. The van der Waals surface area contributed by atoms with Gasteiger partial charge in [-0.3, -0.25) is 4.79 Å². The van der Waals surface area contributed by atoms with Crippen molar-refractivity contribution < 1.29 is 4.79 Å². The van der Waals surface area contributed by atoms with Crippen molar-refractivity contribution in [1.29, 1.82) is 0 Å². The van der Waals surface area contributed by atoms with Crippen molar-refractivity contribution in [2.24, 2.45) is 0 Å². The highest BCUT2D eigenvalue weighted by Gasteiger charge is 2.50. The molecule has 1 aromatic carbocycles. The van der Waals surface area contributed by atoms with Gasteiger partial charge < -0.3 is 0 Å². The van der Waals surface area contributed by atoms with E-state index in [2.05, 4.69) is 32.0 Å². The van der Waals surface area contributed by atoms with Gasteiger partial charge in [0, 0.05) is 0 Å². The quantitative estimate of drug-likeness (QED) is 0.697. The lowest BCUT2D eigenvalue weighted by Crippen LogP contribution is -2.19. The van der Waals surface area contributed by atoms with Gasteiger partial charge in [-0.15, -0.1) is 0 Å². The van der Waals surface area contributed by atoms with Crippen LogP contribution in [0.25, 0.3) is 0 Å². The number of carbonyl (C=O) groups excluding carboxylic acids is 1. The molecule has 14 heavy (non-hydrogen) atoms. The van der Waals surface area contributed by atoms with Crippen LogP contribution in [0.4, 0.5) is 0 Å². The van der Waals surface area contributed by atoms with Crippen LogP contribution in [0.3, 0.4) is 0 Å². The van der Waals surface area contributed by atoms with Crippen molar-refractivity contribution >= 4 is 5.78 Å². The van der Waals surface area contributed by atoms with Crippen LogP contribution in [-0.2, 0) is 10.2 Å². The molecule has 0 unspecified atom stereocenters. The summed E-state index contributed by atoms with van der Waals surface area (Å²) in [6.07, 6.45) is 2.07. The molecule has 1 aromatic rings. The fourth-order valence-corrected chi connectivity index (χ4v) is 2.47. The predicted octanol–water partition coefficient (Wildman–Crippen LogP) is 2.92. The summed E-state index contributed by atoms with van der Waals surface area (Å²) >= 11 is 0. The fourth-order valence-electron chi connectivity index (χ4n) is 2.47. The number of aryl methyl sites for hydroxylation is 2. The molecule has 1 nitrogen and oxygen atoms in total. The monoisotopic (exact) mass is 188 g/mol. The average Bonchev–Trinajstić information content (AvgIpc) is 2.85. The van der Waals surface area contributed by atoms with Crippen LogP contribution in [0.2, 0.25) is 0 Å². The standard InChI is InChI=1S/C13H16O/c1-9-5-4-6-10(2)12(9)13(7-8-13)11(3)14/h4-6H,7-8H2,1-3H3. The number of carbonyl (C=O) groups is 1. The maximum Gasteiger partial charge on any atom is 0.140 e. The van der Waals surface area contributed by atoms with Gasteiger partial charge in [-0.25, -0.2) is 0 Å². The minimum atomic E-state index is -0.116. The maximum atomic E-state index is 11.6. The highest BCUT2D eigenvalue weighted by atomic mass is 16.1. The summed E-state index contributed by atoms with van der Waals surface area (Å²) in [6, 6.07) is 6.26. The molecule has 1 aliphatic carbocycles. The van der Waals surface area contributed by atoms with Crippen molar-refractivity contribution in [3.8, 4) is 0 Å². The number of Topliss-reactive ketones (excluding diaryl/α,β-unsaturated/α-hetero) is 1. The topological polar surface area (TPSA) is 17.1 Å². The smallest absolute Gasteiger partial charge is 0.140 e. The molecule has 0 N–H and O–H groups in total. The number of ketones is 1. The zero-order valence-corrected chi connectivity index (χ0v) is 9.05. The summed E-state index contributed by atoms with van der Waals surface area (Å²) in [6.45, 7) is 5.93. The summed E-state index contributed by atoms with van der Waals surface area (Å²) in [4.78, 5) is 11.6. The second-order valence-electron chi connectivity index (χ2n) is 4.41. The lowest BCUT2D eigenvalue weighted by atomic mass is 9.85. The Morgan fingerprint density at radius 1 is 1.21 bits per heavy atom. The number of benzene rings is 1. The Hall–Kier alpha value is -1.11. The van der Waals surface area contributed by atoms with E-state index < -0.39 is 0 Å². The molecule has 1 fully saturated rings. The highest BCUT2D eigenvalue weighted by Crippen LogP contribution is 2.51. The lowest BCUT2D eigenvalue weighted by Gasteiger charge is -2.17. The van der Waals surface area contributed by atoms with Crippen molar-refractivity contribution in [3.63, 3.8) is 0 Å². The van der Waals surface area contributed by atoms with E-state index in [9.17, 15) is 4.79 Å². The fraction of sp³-hybridized carbons (Fsp3) is 0.462. The van der Waals surface area contributed by atoms with Gasteiger partial charge in [-0.1, -0.05) is 18.2 Å². The SMILES string of the molecule is CC(=O)C1(c2c(C)cccc2C)CC1. The van der Waals surface area contributed by atoms with Crippen LogP contribution in [-0.4, -0.2) is 5.78 Å². The van der Waals surface area contributed by atoms with Crippen LogP contribution in [0.15, 0.2) is 18.2 Å². The average molecular weight is 188 g/mol. The van der Waals surface area contributed by atoms with Crippen molar-refractivity contribution in [1.82, 2.24) is 0 Å². The molecule has 0 radical (unpaired) electrons. The summed E-state index contributed by atoms with van der Waals surface area (Å²) in [7, 11) is 0. The zero-order valence-electron chi connectivity index (χ0n) is 9.05. The Bertz CT molecular complexity index is 366. The highest BCUT2D eigenvalue weighted by molar-refractivity contribution is 5.91. The molecule has 0 heterocycles. The molecule has 2 rings (SSSR count). The second-order valence-corrected chi connectivity index (χ2v) is 4.41. The van der Waals surface area contributed by atoms with E-state index in [1.807, 2.05) is 0 Å². The van der Waals surface area contributed by atoms with E-state index in [-0.39, 0.29) is 5.41 Å². The van der Waals surface area contributed by atoms with Gasteiger partial charge in [-0.2, -0.15) is 0 Å². The molecule has 0 bridgehead atoms. The van der Waals surface area contributed by atoms with E-state index in [0.29, 0.717) is 5.78 Å². The van der Waals surface area contributed by atoms with Crippen LogP contribution in [0, 0.1) is 13.8 Å². The van der Waals surface area contributed by atoms with Crippen LogP contribution in [0.5, 0.6) is 0 Å². The lowest BCUT2D eigenvalue weighted by molar-refractivity contribution is -0.119. The van der Waals surface area contributed by atoms with Gasteiger partial charge in [0.2, 0.25) is 0 Å². The first-order valence-corrected chi connectivity index (χ1v) is 5.16. The van der Waals surface area contributed by atoms with E-state index in [4.69, 9.17) is 0 Å². The molecule has 1 saturated carbocycles. The predicted molar refractivity (Wildman–Crippen MR) is 57.5 cm³/mol. The third kappa shape index (κ3) is 1.19. The minimum Gasteiger partial charge on any atom is -0.299 e. The Labute approximate surface area is 85.1 Å². The van der Waals surface area contributed by atoms with Crippen molar-refractivity contribution in [3.05, 3.63) is 34.9 Å². The van der Waals surface area contributed by atoms with Gasteiger partial charge in [0.1, 0.15) is 5.78 Å². The number of hydrogen-bond acceptors (Lipinski definition) is 1. The Balaban J connectivity index is 2.56. The normalized spacial score (nSPS) is 17.9. The Morgan fingerprint density at radius 3 is 2.07 bits per heavy atom. The first-order valence-electron chi connectivity index (χ1n) is 5.16. The first-order chi connectivity index (χ1) is 6.58. The van der Waals surface area contributed by atoms with Gasteiger partial charge in [-0.05, 0) is 50.3 Å². The second kappa shape index (κ2) is 2.94. The minimum absolute atomic E-state index is 0.116. The molecule has 0 saturated heterocycles. The molecule has 74 valence electrons. The Kier molecular flexibility index (Phi) is 1.99. The van der Waals surface area contributed by atoms with Gasteiger partial charge in [0.15, 0.2) is 0 Å². The summed E-state index contributed by atoms with van der Waals surface area (Å²) in [5, 5.41) is 0. The molecule has 1 heteroatoms. The maximum absolute atomic E-state index is 11.6. The third-order valence-corrected chi connectivity index (χ3v) is 3.38. The number of hydrogen-bond donors (Lipinski definition) is 0. The molecule has 0 amide bonds. The van der Waals surface area contributed by atoms with Gasteiger partial charge in [0.25, 0.3) is 0 Å². The summed E-state index contributed by atoms with van der Waals surface area (Å²) < 4.78 is 0. The molecule has 1 aliphatic rings. The molecule has 0 atom stereocenters. The van der Waals surface area contributed by atoms with Crippen molar-refractivity contribution in [2.45, 2.75) is 39.0 Å². The van der Waals surface area contributed by atoms with E-state index in [0.717, 1.165) is 12.8 Å². The molecule has 0 aromatic heterocycles. The summed E-state index contributed by atoms with van der Waals surface area (Å²) in [5.41, 5.74) is 3.69. The van der Waals surface area contributed by atoms with Gasteiger partial charge in [0.05, 0.1) is 5.41 Å². The molecule has 0 spiro atoms. The molecular formula is C13H16O. The van der Waals surface area contributed by atoms with E-state index in [1.165, 1.54) is 16.7 Å². The largest absolute Gasteiger partial charge is 0.299 e. The van der Waals surface area contributed by atoms with Crippen molar-refractivity contribution in [2.75, 3.05) is 0 Å². The van der Waals surface area contributed by atoms with E-state index in [1.54, 1.807) is 6.92 Å². The zero-order chi connectivity index (χ0) is 10.3. The Morgan fingerprint density at radius 2 is 1.71 bits per heavy atom. The molecule has 0 aliphatic heterocycles. The number of rotatable bonds is 2. The molecular weight excluding hydrogens is 172 g/mol.